The summed E-state index contributed by atoms with van der Waals surface area (Å²) in [5, 5.41) is 23.6. The minimum absolute atomic E-state index is 0.0511. The molecule has 1 heterocycles. The van der Waals surface area contributed by atoms with Crippen molar-refractivity contribution in [2.75, 3.05) is 5.32 Å². The number of rotatable bonds is 4. The molecule has 0 spiro atoms. The van der Waals surface area contributed by atoms with Gasteiger partial charge in [0.05, 0.1) is 12.1 Å². The first-order chi connectivity index (χ1) is 14.9. The molecular weight excluding hydrogens is 472 g/mol. The van der Waals surface area contributed by atoms with Gasteiger partial charge < -0.3 is 15.0 Å². The maximum atomic E-state index is 11.0. The highest BCUT2D eigenvalue weighted by Gasteiger charge is 2.17. The molecule has 0 saturated carbocycles. The van der Waals surface area contributed by atoms with Gasteiger partial charge in [0.2, 0.25) is 11.0 Å². The Labute approximate surface area is 194 Å². The minimum Gasteiger partial charge on any atom is -0.493 e. The van der Waals surface area contributed by atoms with Crippen LogP contribution in [0, 0.1) is 13.8 Å². The van der Waals surface area contributed by atoms with Gasteiger partial charge in [-0.2, -0.15) is 0 Å². The van der Waals surface area contributed by atoms with Crippen molar-refractivity contribution in [2.45, 2.75) is 20.4 Å². The van der Waals surface area contributed by atoms with E-state index in [4.69, 9.17) is 12.2 Å². The van der Waals surface area contributed by atoms with E-state index in [1.165, 1.54) is 0 Å². The lowest BCUT2D eigenvalue weighted by Crippen LogP contribution is -2.06. The summed E-state index contributed by atoms with van der Waals surface area (Å²) in [6.07, 6.45) is 0. The first kappa shape index (κ1) is 21.2. The number of nitrogens with zero attached hydrogens (tertiary/aromatic N) is 3. The van der Waals surface area contributed by atoms with Crippen LogP contribution in [0.4, 0.5) is 11.4 Å². The van der Waals surface area contributed by atoms with E-state index in [-0.39, 0.29) is 11.0 Å². The lowest BCUT2D eigenvalue weighted by molar-refractivity contribution is 0.429. The molecule has 7 heteroatoms. The van der Waals surface area contributed by atoms with Crippen molar-refractivity contribution in [1.29, 1.82) is 0 Å². The first-order valence-electron chi connectivity index (χ1n) is 9.77. The largest absolute Gasteiger partial charge is 0.493 e. The third-order valence-corrected chi connectivity index (χ3v) is 5.71. The van der Waals surface area contributed by atoms with Crippen molar-refractivity contribution in [3.05, 3.63) is 87.9 Å². The van der Waals surface area contributed by atoms with Crippen LogP contribution >= 0.6 is 28.1 Å². The number of halogens is 1. The highest BCUT2D eigenvalue weighted by atomic mass is 79.9. The van der Waals surface area contributed by atoms with Crippen molar-refractivity contribution in [1.82, 2.24) is 4.57 Å². The van der Waals surface area contributed by atoms with E-state index in [0.717, 1.165) is 37.8 Å². The number of benzene rings is 3. The predicted octanol–water partition coefficient (Wildman–Crippen LogP) is 7.26. The van der Waals surface area contributed by atoms with Gasteiger partial charge in [-0.25, -0.2) is 0 Å². The lowest BCUT2D eigenvalue weighted by atomic mass is 10.1. The van der Waals surface area contributed by atoms with Gasteiger partial charge in [0.15, 0.2) is 5.69 Å². The molecule has 0 saturated heterocycles. The Morgan fingerprint density at radius 3 is 2.61 bits per heavy atom. The fraction of sp³-hybridized carbons (Fsp3) is 0.125. The Bertz CT molecular complexity index is 1300. The van der Waals surface area contributed by atoms with Crippen molar-refractivity contribution in [3.8, 4) is 5.88 Å². The lowest BCUT2D eigenvalue weighted by Gasteiger charge is -2.08. The number of thiocarbonyl (C=S) groups is 1. The number of aromatic hydroxyl groups is 1. The standard InChI is InChI=1S/C24H21BrN4OS/c1-15-8-9-16(2)20(12-15)26-24(31)28-27-22-19-13-18(25)10-11-21(19)29(23(22)30)14-17-6-4-3-5-7-17/h3-13,30H,14H2,1-2H3,(H,26,31). The van der Waals surface area contributed by atoms with Crippen LogP contribution in [0.5, 0.6) is 5.88 Å². The van der Waals surface area contributed by atoms with Gasteiger partial charge in [0.1, 0.15) is 0 Å². The highest BCUT2D eigenvalue weighted by molar-refractivity contribution is 9.10. The third kappa shape index (κ3) is 4.68. The Morgan fingerprint density at radius 1 is 1.06 bits per heavy atom. The summed E-state index contributed by atoms with van der Waals surface area (Å²) < 4.78 is 2.72. The summed E-state index contributed by atoms with van der Waals surface area (Å²) in [7, 11) is 0. The second-order valence-corrected chi connectivity index (χ2v) is 8.66. The van der Waals surface area contributed by atoms with Gasteiger partial charge in [0.25, 0.3) is 0 Å². The molecule has 31 heavy (non-hydrogen) atoms. The van der Waals surface area contributed by atoms with Crippen molar-refractivity contribution >= 4 is 55.5 Å². The van der Waals surface area contributed by atoms with E-state index in [9.17, 15) is 5.11 Å². The number of anilines is 1. The SMILES string of the molecule is Cc1ccc(C)c(NC(=S)N=Nc2c(O)n(Cc3ccccc3)c3ccc(Br)cc23)c1. The Kier molecular flexibility index (Phi) is 6.15. The van der Waals surface area contributed by atoms with E-state index in [1.54, 1.807) is 0 Å². The smallest absolute Gasteiger partial charge is 0.221 e. The van der Waals surface area contributed by atoms with Crippen LogP contribution in [0.2, 0.25) is 0 Å². The third-order valence-electron chi connectivity index (χ3n) is 5.03. The zero-order valence-corrected chi connectivity index (χ0v) is 19.5. The second kappa shape index (κ2) is 8.99. The number of nitrogens with one attached hydrogen (secondary N) is 1. The molecule has 5 nitrogen and oxygen atoms in total. The van der Waals surface area contributed by atoms with Crippen molar-refractivity contribution < 1.29 is 5.11 Å². The van der Waals surface area contributed by atoms with Gasteiger partial charge in [-0.3, -0.25) is 0 Å². The molecule has 0 aliphatic carbocycles. The molecule has 0 amide bonds. The molecule has 4 aromatic rings. The van der Waals surface area contributed by atoms with Gasteiger partial charge in [-0.1, -0.05) is 58.4 Å². The van der Waals surface area contributed by atoms with Crippen molar-refractivity contribution in [2.24, 2.45) is 10.2 Å². The van der Waals surface area contributed by atoms with Gasteiger partial charge >= 0.3 is 0 Å². The van der Waals surface area contributed by atoms with Crippen LogP contribution in [0.15, 0.2) is 81.4 Å². The highest BCUT2D eigenvalue weighted by Crippen LogP contribution is 2.40. The summed E-state index contributed by atoms with van der Waals surface area (Å²) >= 11 is 8.88. The Morgan fingerprint density at radius 2 is 1.84 bits per heavy atom. The molecule has 0 aliphatic heterocycles. The molecule has 1 aromatic heterocycles. The van der Waals surface area contributed by atoms with E-state index >= 15 is 0 Å². The number of hydrogen-bond donors (Lipinski definition) is 2. The van der Waals surface area contributed by atoms with E-state index < -0.39 is 0 Å². The Hall–Kier alpha value is -3.03. The first-order valence-corrected chi connectivity index (χ1v) is 11.0. The van der Waals surface area contributed by atoms with Crippen LogP contribution in [0.25, 0.3) is 10.9 Å². The van der Waals surface area contributed by atoms with E-state index in [1.807, 2.05) is 85.1 Å². The van der Waals surface area contributed by atoms with Crippen LogP contribution in [0.3, 0.4) is 0 Å². The molecule has 0 fully saturated rings. The van der Waals surface area contributed by atoms with E-state index in [2.05, 4.69) is 31.5 Å². The topological polar surface area (TPSA) is 61.9 Å². The summed E-state index contributed by atoms with van der Waals surface area (Å²) in [6.45, 7) is 4.54. The normalized spacial score (nSPS) is 11.3. The minimum atomic E-state index is 0.0511. The fourth-order valence-corrected chi connectivity index (χ4v) is 3.94. The molecular formula is C24H21BrN4OS. The number of aromatic nitrogens is 1. The molecule has 0 unspecified atom stereocenters. The molecule has 3 aromatic carbocycles. The average molecular weight is 493 g/mol. The molecule has 0 bridgehead atoms. The molecule has 0 radical (unpaired) electrons. The van der Waals surface area contributed by atoms with Gasteiger partial charge in [-0.05, 0) is 67.0 Å². The second-order valence-electron chi connectivity index (χ2n) is 7.35. The number of azo groups is 1. The fourth-order valence-electron chi connectivity index (χ4n) is 3.43. The van der Waals surface area contributed by atoms with Gasteiger partial charge in [0, 0.05) is 15.5 Å². The zero-order chi connectivity index (χ0) is 22.0. The summed E-state index contributed by atoms with van der Waals surface area (Å²) in [5.74, 6) is 0.0511. The van der Waals surface area contributed by atoms with Crippen LogP contribution < -0.4 is 5.32 Å². The van der Waals surface area contributed by atoms with Crippen LogP contribution in [0.1, 0.15) is 16.7 Å². The number of aryl methyl sites for hydroxylation is 2. The molecule has 2 N–H and O–H groups in total. The monoisotopic (exact) mass is 492 g/mol. The zero-order valence-electron chi connectivity index (χ0n) is 17.1. The molecule has 156 valence electrons. The maximum Gasteiger partial charge on any atom is 0.221 e. The van der Waals surface area contributed by atoms with Crippen LogP contribution in [-0.4, -0.2) is 14.8 Å². The summed E-state index contributed by atoms with van der Waals surface area (Å²) in [5.41, 5.74) is 5.41. The Balaban J connectivity index is 1.68. The number of hydrogen-bond acceptors (Lipinski definition) is 3. The molecule has 4 rings (SSSR count). The molecule has 0 aliphatic rings. The molecule has 0 atom stereocenters. The predicted molar refractivity (Wildman–Crippen MR) is 133 cm³/mol. The number of fused-ring (bicyclic) bond motifs is 1. The summed E-state index contributed by atoms with van der Waals surface area (Å²) in [4.78, 5) is 0. The van der Waals surface area contributed by atoms with E-state index in [0.29, 0.717) is 12.2 Å². The van der Waals surface area contributed by atoms with Crippen LogP contribution in [-0.2, 0) is 6.54 Å². The maximum absolute atomic E-state index is 11.0. The van der Waals surface area contributed by atoms with Crippen molar-refractivity contribution in [3.63, 3.8) is 0 Å². The van der Waals surface area contributed by atoms with Gasteiger partial charge in [-0.15, -0.1) is 10.2 Å². The summed E-state index contributed by atoms with van der Waals surface area (Å²) in [6, 6.07) is 21.9. The quantitative estimate of drug-likeness (QED) is 0.232. The average Bonchev–Trinajstić information content (AvgIpc) is 3.00.